The average Bonchev–Trinajstić information content (AvgIpc) is 2.62. The Kier molecular flexibility index (Phi) is 4.05. The Labute approximate surface area is 151 Å². The molecule has 0 N–H and O–H groups in total. The molecule has 3 aromatic heterocycles. The molecule has 1 aliphatic carbocycles. The minimum absolute atomic E-state index is 0.0460. The average molecular weight is 352 g/mol. The molecule has 1 aliphatic rings. The van der Waals surface area contributed by atoms with Crippen molar-refractivity contribution in [3.05, 3.63) is 51.3 Å². The molecule has 136 valence electrons. The maximum atomic E-state index is 13.2. The van der Waals surface area contributed by atoms with Gasteiger partial charge in [0, 0.05) is 32.5 Å². The summed E-state index contributed by atoms with van der Waals surface area (Å²) < 4.78 is 3.37. The van der Waals surface area contributed by atoms with E-state index in [1.807, 2.05) is 22.9 Å². The van der Waals surface area contributed by atoms with Crippen LogP contribution in [-0.4, -0.2) is 28.3 Å². The van der Waals surface area contributed by atoms with Crippen LogP contribution in [0.15, 0.2) is 40.2 Å². The topological polar surface area (TPSA) is 60.1 Å². The standard InChI is InChI=1S/C20H24N4O2/c1-13-6-4-5-7-18(13)23-10-8-16-14(19(23)25)12-15-17(21-16)9-11-24(20(15)26)22(2)3/h8-13,18H,4-7H2,1-3H3. The van der Waals surface area contributed by atoms with E-state index in [9.17, 15) is 9.59 Å². The molecule has 0 spiro atoms. The molecular weight excluding hydrogens is 328 g/mol. The van der Waals surface area contributed by atoms with E-state index in [-0.39, 0.29) is 17.2 Å². The van der Waals surface area contributed by atoms with Crippen molar-refractivity contribution >= 4 is 21.8 Å². The van der Waals surface area contributed by atoms with Crippen LogP contribution in [0.1, 0.15) is 38.6 Å². The van der Waals surface area contributed by atoms with Gasteiger partial charge in [0.15, 0.2) is 0 Å². The molecule has 2 unspecified atom stereocenters. The van der Waals surface area contributed by atoms with Crippen LogP contribution in [0.5, 0.6) is 0 Å². The van der Waals surface area contributed by atoms with Gasteiger partial charge in [-0.2, -0.15) is 0 Å². The fourth-order valence-electron chi connectivity index (χ4n) is 4.12. The van der Waals surface area contributed by atoms with Crippen molar-refractivity contribution in [1.82, 2.24) is 14.2 Å². The highest BCUT2D eigenvalue weighted by molar-refractivity contribution is 5.91. The zero-order valence-corrected chi connectivity index (χ0v) is 15.5. The third-order valence-corrected chi connectivity index (χ3v) is 5.61. The third-order valence-electron chi connectivity index (χ3n) is 5.61. The molecule has 0 aliphatic heterocycles. The molecule has 0 radical (unpaired) electrons. The Morgan fingerprint density at radius 2 is 1.65 bits per heavy atom. The second kappa shape index (κ2) is 6.27. The molecule has 0 amide bonds. The smallest absolute Gasteiger partial charge is 0.278 e. The lowest BCUT2D eigenvalue weighted by Gasteiger charge is -2.30. The SMILES string of the molecule is CC1CCCCC1n1ccc2nc3ccn(N(C)C)c(=O)c3cc2c1=O. The van der Waals surface area contributed by atoms with Crippen LogP contribution in [0.3, 0.4) is 0 Å². The Hall–Kier alpha value is -2.63. The van der Waals surface area contributed by atoms with E-state index >= 15 is 0 Å². The monoisotopic (exact) mass is 352 g/mol. The minimum atomic E-state index is -0.164. The zero-order chi connectivity index (χ0) is 18.4. The van der Waals surface area contributed by atoms with Gasteiger partial charge < -0.3 is 9.58 Å². The maximum Gasteiger partial charge on any atom is 0.278 e. The van der Waals surface area contributed by atoms with Crippen molar-refractivity contribution < 1.29 is 0 Å². The Balaban J connectivity index is 1.95. The van der Waals surface area contributed by atoms with Gasteiger partial charge in [-0.15, -0.1) is 0 Å². The number of hydrogen-bond donors (Lipinski definition) is 0. The van der Waals surface area contributed by atoms with Crippen molar-refractivity contribution in [2.45, 2.75) is 38.6 Å². The van der Waals surface area contributed by atoms with E-state index in [1.165, 1.54) is 11.1 Å². The summed E-state index contributed by atoms with van der Waals surface area (Å²) in [5, 5.41) is 2.70. The van der Waals surface area contributed by atoms with Crippen molar-refractivity contribution in [1.29, 1.82) is 0 Å². The molecule has 6 heteroatoms. The van der Waals surface area contributed by atoms with Gasteiger partial charge in [-0.3, -0.25) is 9.59 Å². The second-order valence-electron chi connectivity index (χ2n) is 7.52. The molecule has 0 aromatic carbocycles. The molecule has 0 bridgehead atoms. The summed E-state index contributed by atoms with van der Waals surface area (Å²) in [5.74, 6) is 0.485. The highest BCUT2D eigenvalue weighted by Gasteiger charge is 2.24. The lowest BCUT2D eigenvalue weighted by atomic mass is 9.85. The fraction of sp³-hybridized carbons (Fsp3) is 0.450. The van der Waals surface area contributed by atoms with Crippen LogP contribution < -0.4 is 16.1 Å². The van der Waals surface area contributed by atoms with E-state index in [4.69, 9.17) is 0 Å². The van der Waals surface area contributed by atoms with E-state index < -0.39 is 0 Å². The fourth-order valence-corrected chi connectivity index (χ4v) is 4.12. The van der Waals surface area contributed by atoms with Gasteiger partial charge >= 0.3 is 0 Å². The summed E-state index contributed by atoms with van der Waals surface area (Å²) in [6, 6.07) is 5.65. The molecule has 0 saturated heterocycles. The lowest BCUT2D eigenvalue weighted by Crippen LogP contribution is -2.35. The van der Waals surface area contributed by atoms with Crippen LogP contribution in [0.25, 0.3) is 21.8 Å². The maximum absolute atomic E-state index is 13.2. The van der Waals surface area contributed by atoms with E-state index in [2.05, 4.69) is 11.9 Å². The Bertz CT molecular complexity index is 1100. The highest BCUT2D eigenvalue weighted by atomic mass is 16.1. The number of nitrogens with zero attached hydrogens (tertiary/aromatic N) is 4. The Morgan fingerprint density at radius 1 is 1.00 bits per heavy atom. The van der Waals surface area contributed by atoms with Crippen molar-refractivity contribution in [2.24, 2.45) is 5.92 Å². The number of rotatable bonds is 2. The summed E-state index contributed by atoms with van der Waals surface area (Å²) in [7, 11) is 3.61. The first-order valence-corrected chi connectivity index (χ1v) is 9.22. The highest BCUT2D eigenvalue weighted by Crippen LogP contribution is 2.32. The minimum Gasteiger partial charge on any atom is -0.316 e. The van der Waals surface area contributed by atoms with Crippen LogP contribution in [0.4, 0.5) is 0 Å². The predicted octanol–water partition coefficient (Wildman–Crippen LogP) is 2.66. The van der Waals surface area contributed by atoms with Crippen molar-refractivity contribution in [3.63, 3.8) is 0 Å². The van der Waals surface area contributed by atoms with Gasteiger partial charge in [-0.1, -0.05) is 19.8 Å². The first kappa shape index (κ1) is 16.8. The van der Waals surface area contributed by atoms with Gasteiger partial charge in [0.1, 0.15) is 0 Å². The van der Waals surface area contributed by atoms with E-state index in [1.54, 1.807) is 31.4 Å². The molecule has 6 nitrogen and oxygen atoms in total. The van der Waals surface area contributed by atoms with Gasteiger partial charge in [0.05, 0.1) is 21.8 Å². The first-order chi connectivity index (χ1) is 12.5. The van der Waals surface area contributed by atoms with Gasteiger partial charge in [0.2, 0.25) is 0 Å². The number of fused-ring (bicyclic) bond motifs is 2. The molecule has 3 heterocycles. The van der Waals surface area contributed by atoms with Gasteiger partial charge in [-0.25, -0.2) is 9.66 Å². The summed E-state index contributed by atoms with van der Waals surface area (Å²) >= 11 is 0. The number of pyridine rings is 3. The second-order valence-corrected chi connectivity index (χ2v) is 7.52. The molecule has 2 atom stereocenters. The predicted molar refractivity (Wildman–Crippen MR) is 105 cm³/mol. The molecule has 26 heavy (non-hydrogen) atoms. The summed E-state index contributed by atoms with van der Waals surface area (Å²) in [6.45, 7) is 2.22. The number of hydrogen-bond acceptors (Lipinski definition) is 4. The lowest BCUT2D eigenvalue weighted by molar-refractivity contribution is 0.253. The molecular formula is C20H24N4O2. The normalized spacial score (nSPS) is 20.6. The van der Waals surface area contributed by atoms with Gasteiger partial charge in [0.25, 0.3) is 11.1 Å². The van der Waals surface area contributed by atoms with Crippen LogP contribution in [-0.2, 0) is 0 Å². The molecule has 3 aromatic rings. The molecule has 1 saturated carbocycles. The largest absolute Gasteiger partial charge is 0.316 e. The molecule has 4 rings (SSSR count). The zero-order valence-electron chi connectivity index (χ0n) is 15.5. The first-order valence-electron chi connectivity index (χ1n) is 9.22. The van der Waals surface area contributed by atoms with Crippen LogP contribution in [0, 0.1) is 5.92 Å². The quantitative estimate of drug-likeness (QED) is 0.665. The van der Waals surface area contributed by atoms with E-state index in [0.29, 0.717) is 27.7 Å². The van der Waals surface area contributed by atoms with E-state index in [0.717, 1.165) is 19.3 Å². The molecule has 1 fully saturated rings. The van der Waals surface area contributed by atoms with Crippen molar-refractivity contribution in [2.75, 3.05) is 19.1 Å². The number of aromatic nitrogens is 3. The van der Waals surface area contributed by atoms with Crippen LogP contribution in [0.2, 0.25) is 0 Å². The van der Waals surface area contributed by atoms with Gasteiger partial charge in [-0.05, 0) is 37.0 Å². The van der Waals surface area contributed by atoms with Crippen LogP contribution >= 0.6 is 0 Å². The van der Waals surface area contributed by atoms with Crippen molar-refractivity contribution in [3.8, 4) is 0 Å². The summed E-state index contributed by atoms with van der Waals surface area (Å²) in [4.78, 5) is 30.4. The Morgan fingerprint density at radius 3 is 2.35 bits per heavy atom. The summed E-state index contributed by atoms with van der Waals surface area (Å²) in [6.07, 6.45) is 8.14. The third kappa shape index (κ3) is 2.60. The summed E-state index contributed by atoms with van der Waals surface area (Å²) in [5.41, 5.74) is 1.05.